The van der Waals surface area contributed by atoms with Crippen LogP contribution < -0.4 is 15.0 Å². The second kappa shape index (κ2) is 9.07. The first-order valence-electron chi connectivity index (χ1n) is 10.5. The van der Waals surface area contributed by atoms with Crippen LogP contribution in [-0.4, -0.2) is 46.6 Å². The minimum absolute atomic E-state index is 0.217. The second-order valence-electron chi connectivity index (χ2n) is 7.44. The van der Waals surface area contributed by atoms with Gasteiger partial charge in [0.2, 0.25) is 0 Å². The van der Waals surface area contributed by atoms with E-state index in [0.29, 0.717) is 36.8 Å². The van der Waals surface area contributed by atoms with Gasteiger partial charge >= 0.3 is 0 Å². The molecule has 32 heavy (non-hydrogen) atoms. The summed E-state index contributed by atoms with van der Waals surface area (Å²) < 4.78 is 13.3. The zero-order chi connectivity index (χ0) is 21.8. The molecule has 0 aliphatic carbocycles. The molecule has 1 saturated heterocycles. The molecule has 4 heterocycles. The van der Waals surface area contributed by atoms with Gasteiger partial charge in [0.15, 0.2) is 5.82 Å². The minimum Gasteiger partial charge on any atom is -0.487 e. The van der Waals surface area contributed by atoms with Crippen LogP contribution >= 0.6 is 0 Å². The molecule has 1 aliphatic rings. The number of amides is 1. The van der Waals surface area contributed by atoms with Crippen LogP contribution in [-0.2, 0) is 11.3 Å². The highest BCUT2D eigenvalue weighted by Crippen LogP contribution is 2.25. The summed E-state index contributed by atoms with van der Waals surface area (Å²) in [5.41, 5.74) is 2.87. The fraction of sp³-hybridized carbons (Fsp3) is 0.208. The number of carbonyl (C=O) groups is 1. The molecule has 8 heteroatoms. The Bertz CT molecular complexity index is 1200. The second-order valence-corrected chi connectivity index (χ2v) is 7.44. The maximum atomic E-state index is 12.9. The largest absolute Gasteiger partial charge is 0.487 e. The van der Waals surface area contributed by atoms with Gasteiger partial charge in [-0.15, -0.1) is 0 Å². The van der Waals surface area contributed by atoms with E-state index in [1.807, 2.05) is 53.2 Å². The molecule has 4 aromatic rings. The smallest absolute Gasteiger partial charge is 0.255 e. The molecular weight excluding hydrogens is 406 g/mol. The number of pyridine rings is 2. The molecule has 1 fully saturated rings. The highest BCUT2D eigenvalue weighted by atomic mass is 16.5. The number of carbonyl (C=O) groups excluding carboxylic acids is 1. The average molecular weight is 429 g/mol. The molecule has 0 bridgehead atoms. The van der Waals surface area contributed by atoms with Gasteiger partial charge in [-0.05, 0) is 42.5 Å². The third-order valence-electron chi connectivity index (χ3n) is 5.24. The van der Waals surface area contributed by atoms with Crippen LogP contribution in [0.1, 0.15) is 16.1 Å². The molecule has 1 aromatic carbocycles. The van der Waals surface area contributed by atoms with Crippen LogP contribution in [0.5, 0.6) is 5.75 Å². The van der Waals surface area contributed by atoms with Gasteiger partial charge in [-0.1, -0.05) is 12.1 Å². The van der Waals surface area contributed by atoms with Crippen molar-refractivity contribution in [1.29, 1.82) is 0 Å². The van der Waals surface area contributed by atoms with E-state index in [2.05, 4.69) is 20.2 Å². The van der Waals surface area contributed by atoms with E-state index in [0.717, 1.165) is 30.2 Å². The lowest BCUT2D eigenvalue weighted by Gasteiger charge is -2.29. The van der Waals surface area contributed by atoms with E-state index in [-0.39, 0.29) is 5.91 Å². The molecule has 162 valence electrons. The predicted octanol–water partition coefficient (Wildman–Crippen LogP) is 3.40. The van der Waals surface area contributed by atoms with Gasteiger partial charge in [-0.25, -0.2) is 9.97 Å². The highest BCUT2D eigenvalue weighted by Gasteiger charge is 2.18. The van der Waals surface area contributed by atoms with Crippen LogP contribution in [0.3, 0.4) is 0 Å². The molecule has 3 aromatic heterocycles. The SMILES string of the molecule is O=C(Nc1cccnc1N1CCOCC1)c1cccc(OCc2cn3ccccc3n2)c1. The van der Waals surface area contributed by atoms with Crippen LogP contribution in [0.15, 0.2) is 73.2 Å². The third-order valence-corrected chi connectivity index (χ3v) is 5.24. The number of anilines is 2. The number of nitrogens with one attached hydrogen (secondary N) is 1. The molecule has 0 spiro atoms. The molecule has 1 aliphatic heterocycles. The third kappa shape index (κ3) is 4.40. The van der Waals surface area contributed by atoms with E-state index in [1.54, 1.807) is 24.4 Å². The number of nitrogens with zero attached hydrogens (tertiary/aromatic N) is 4. The van der Waals surface area contributed by atoms with Crippen molar-refractivity contribution in [2.24, 2.45) is 0 Å². The van der Waals surface area contributed by atoms with Gasteiger partial charge < -0.3 is 24.1 Å². The number of hydrogen-bond acceptors (Lipinski definition) is 6. The quantitative estimate of drug-likeness (QED) is 0.506. The molecule has 0 saturated carbocycles. The zero-order valence-corrected chi connectivity index (χ0v) is 17.5. The first-order valence-corrected chi connectivity index (χ1v) is 10.5. The Labute approximate surface area is 185 Å². The summed E-state index contributed by atoms with van der Waals surface area (Å²) in [5, 5.41) is 2.99. The summed E-state index contributed by atoms with van der Waals surface area (Å²) in [6.07, 6.45) is 5.61. The number of imidazole rings is 1. The zero-order valence-electron chi connectivity index (χ0n) is 17.5. The summed E-state index contributed by atoms with van der Waals surface area (Å²) in [6.45, 7) is 3.10. The first-order chi connectivity index (χ1) is 15.8. The molecular formula is C24H23N5O3. The Hall–Kier alpha value is -3.91. The molecule has 5 rings (SSSR count). The van der Waals surface area contributed by atoms with E-state index < -0.39 is 0 Å². The van der Waals surface area contributed by atoms with Crippen molar-refractivity contribution in [3.8, 4) is 5.75 Å². The Morgan fingerprint density at radius 3 is 2.88 bits per heavy atom. The normalized spacial score (nSPS) is 13.8. The summed E-state index contributed by atoms with van der Waals surface area (Å²) in [6, 6.07) is 16.6. The number of rotatable bonds is 6. The topological polar surface area (TPSA) is 81.0 Å². The standard InChI is InChI=1S/C24H23N5O3/c30-24(27-21-7-4-9-25-23(21)28-11-13-31-14-12-28)18-5-3-6-20(15-18)32-17-19-16-29-10-2-1-8-22(29)26-19/h1-10,15-16H,11-14,17H2,(H,27,30). The van der Waals surface area contributed by atoms with Crippen molar-refractivity contribution in [3.63, 3.8) is 0 Å². The fourth-order valence-electron chi connectivity index (χ4n) is 3.66. The molecule has 0 unspecified atom stereocenters. The van der Waals surface area contributed by atoms with Crippen LogP contribution in [0.2, 0.25) is 0 Å². The van der Waals surface area contributed by atoms with E-state index >= 15 is 0 Å². The number of fused-ring (bicyclic) bond motifs is 1. The van der Waals surface area contributed by atoms with Crippen molar-refractivity contribution >= 4 is 23.1 Å². The minimum atomic E-state index is -0.217. The summed E-state index contributed by atoms with van der Waals surface area (Å²) >= 11 is 0. The summed E-state index contributed by atoms with van der Waals surface area (Å²) in [5.74, 6) is 1.14. The van der Waals surface area contributed by atoms with Gasteiger partial charge in [-0.3, -0.25) is 4.79 Å². The maximum absolute atomic E-state index is 12.9. The molecule has 0 radical (unpaired) electrons. The van der Waals surface area contributed by atoms with Gasteiger partial charge in [0.05, 0.1) is 24.6 Å². The summed E-state index contributed by atoms with van der Waals surface area (Å²) in [4.78, 5) is 24.1. The lowest BCUT2D eigenvalue weighted by atomic mass is 10.2. The Balaban J connectivity index is 1.27. The van der Waals surface area contributed by atoms with Crippen molar-refractivity contribution in [1.82, 2.24) is 14.4 Å². The average Bonchev–Trinajstić information content (AvgIpc) is 3.27. The monoisotopic (exact) mass is 429 g/mol. The van der Waals surface area contributed by atoms with E-state index in [1.165, 1.54) is 0 Å². The number of hydrogen-bond donors (Lipinski definition) is 1. The predicted molar refractivity (Wildman–Crippen MR) is 121 cm³/mol. The van der Waals surface area contributed by atoms with Crippen molar-refractivity contribution < 1.29 is 14.3 Å². The van der Waals surface area contributed by atoms with Crippen LogP contribution in [0, 0.1) is 0 Å². The molecule has 8 nitrogen and oxygen atoms in total. The van der Waals surface area contributed by atoms with E-state index in [9.17, 15) is 4.79 Å². The Morgan fingerprint density at radius 2 is 2.00 bits per heavy atom. The number of benzene rings is 1. The molecule has 1 N–H and O–H groups in total. The molecule has 0 atom stereocenters. The molecule has 1 amide bonds. The van der Waals surface area contributed by atoms with Crippen molar-refractivity contribution in [2.45, 2.75) is 6.61 Å². The van der Waals surface area contributed by atoms with Gasteiger partial charge in [-0.2, -0.15) is 0 Å². The highest BCUT2D eigenvalue weighted by molar-refractivity contribution is 6.05. The maximum Gasteiger partial charge on any atom is 0.255 e. The van der Waals surface area contributed by atoms with Gasteiger partial charge in [0.25, 0.3) is 5.91 Å². The Morgan fingerprint density at radius 1 is 1.09 bits per heavy atom. The lowest BCUT2D eigenvalue weighted by Crippen LogP contribution is -2.37. The fourth-order valence-corrected chi connectivity index (χ4v) is 3.66. The van der Waals surface area contributed by atoms with Crippen LogP contribution in [0.25, 0.3) is 5.65 Å². The summed E-state index contributed by atoms with van der Waals surface area (Å²) in [7, 11) is 0. The number of ether oxygens (including phenoxy) is 2. The van der Waals surface area contributed by atoms with Crippen molar-refractivity contribution in [3.05, 3.63) is 84.4 Å². The van der Waals surface area contributed by atoms with Crippen molar-refractivity contribution in [2.75, 3.05) is 36.5 Å². The van der Waals surface area contributed by atoms with Crippen LogP contribution in [0.4, 0.5) is 11.5 Å². The Kier molecular flexibility index (Phi) is 5.67. The first kappa shape index (κ1) is 20.0. The van der Waals surface area contributed by atoms with Gasteiger partial charge in [0, 0.05) is 37.2 Å². The lowest BCUT2D eigenvalue weighted by molar-refractivity contribution is 0.102. The number of morpholine rings is 1. The number of aromatic nitrogens is 3. The van der Waals surface area contributed by atoms with E-state index in [4.69, 9.17) is 9.47 Å². The van der Waals surface area contributed by atoms with Gasteiger partial charge in [0.1, 0.15) is 18.0 Å².